The van der Waals surface area contributed by atoms with E-state index in [0.717, 1.165) is 70.7 Å². The number of hydrogen-bond acceptors (Lipinski definition) is 5. The molecule has 2 heterocycles. The maximum absolute atomic E-state index is 10.0. The molecule has 0 saturated carbocycles. The lowest BCUT2D eigenvalue weighted by Crippen LogP contribution is -2.26. The number of ether oxygens (including phenoxy) is 2. The van der Waals surface area contributed by atoms with Crippen molar-refractivity contribution in [3.63, 3.8) is 0 Å². The summed E-state index contributed by atoms with van der Waals surface area (Å²) in [5.74, 6) is 3.24. The Morgan fingerprint density at radius 2 is 1.66 bits per heavy atom. The molecule has 3 atom stereocenters. The number of hydrogen-bond donors (Lipinski definition) is 2. The molecule has 3 unspecified atom stereocenters. The number of likely N-dealkylation sites (tertiary alicyclic amines) is 1. The standard InChI is InChI=1S/C30H34N2O3/c1-19-17-32(18-20(19)2)14-15-34-26-11-6-23(7-12-26)30-29(22-4-8-24(31)9-5-22)21(3)27-13-10-25(33)16-28(27)35-30/h4-13,16,19-20,30,33H,14-15,17-18,31H2,1-3H3. The summed E-state index contributed by atoms with van der Waals surface area (Å²) in [6, 6.07) is 21.4. The van der Waals surface area contributed by atoms with Crippen molar-refractivity contribution in [2.45, 2.75) is 26.9 Å². The quantitative estimate of drug-likeness (QED) is 0.432. The fourth-order valence-electron chi connectivity index (χ4n) is 5.17. The number of phenols is 1. The van der Waals surface area contributed by atoms with Crippen LogP contribution in [0.1, 0.15) is 43.6 Å². The number of benzene rings is 3. The Balaban J connectivity index is 1.37. The molecular formula is C30H34N2O3. The summed E-state index contributed by atoms with van der Waals surface area (Å²) in [6.45, 7) is 10.7. The Morgan fingerprint density at radius 3 is 2.34 bits per heavy atom. The molecule has 0 aromatic heterocycles. The molecule has 3 aromatic carbocycles. The molecule has 182 valence electrons. The van der Waals surface area contributed by atoms with E-state index in [-0.39, 0.29) is 11.9 Å². The number of phenolic OH excluding ortho intramolecular Hbond substituents is 1. The summed E-state index contributed by atoms with van der Waals surface area (Å²) in [4.78, 5) is 2.49. The monoisotopic (exact) mass is 470 g/mol. The maximum Gasteiger partial charge on any atom is 0.150 e. The van der Waals surface area contributed by atoms with Gasteiger partial charge in [-0.25, -0.2) is 0 Å². The van der Waals surface area contributed by atoms with Crippen LogP contribution in [0.3, 0.4) is 0 Å². The summed E-state index contributed by atoms with van der Waals surface area (Å²) >= 11 is 0. The van der Waals surface area contributed by atoms with Gasteiger partial charge in [0.1, 0.15) is 30.0 Å². The molecule has 0 spiro atoms. The van der Waals surface area contributed by atoms with Crippen LogP contribution in [0.15, 0.2) is 66.7 Å². The Labute approximate surface area is 207 Å². The lowest BCUT2D eigenvalue weighted by molar-refractivity contribution is 0.231. The number of nitrogens with two attached hydrogens (primary N) is 1. The van der Waals surface area contributed by atoms with E-state index < -0.39 is 0 Å². The first-order valence-electron chi connectivity index (χ1n) is 12.4. The zero-order valence-corrected chi connectivity index (χ0v) is 20.7. The van der Waals surface area contributed by atoms with Crippen LogP contribution in [0.25, 0.3) is 11.1 Å². The summed E-state index contributed by atoms with van der Waals surface area (Å²) in [5, 5.41) is 10.0. The third-order valence-corrected chi connectivity index (χ3v) is 7.42. The number of fused-ring (bicyclic) bond motifs is 1. The van der Waals surface area contributed by atoms with Gasteiger partial charge in [0.25, 0.3) is 0 Å². The molecule has 5 heteroatoms. The number of aromatic hydroxyl groups is 1. The molecule has 2 aliphatic heterocycles. The molecule has 5 rings (SSSR count). The van der Waals surface area contributed by atoms with E-state index in [9.17, 15) is 5.11 Å². The van der Waals surface area contributed by atoms with Crippen molar-refractivity contribution < 1.29 is 14.6 Å². The second-order valence-corrected chi connectivity index (χ2v) is 9.97. The summed E-state index contributed by atoms with van der Waals surface area (Å²) in [7, 11) is 0. The van der Waals surface area contributed by atoms with E-state index in [1.165, 1.54) is 0 Å². The Hall–Kier alpha value is -3.44. The number of allylic oxidation sites excluding steroid dienone is 1. The minimum absolute atomic E-state index is 0.191. The van der Waals surface area contributed by atoms with Crippen LogP contribution in [-0.4, -0.2) is 36.2 Å². The van der Waals surface area contributed by atoms with Gasteiger partial charge in [-0.15, -0.1) is 0 Å². The predicted molar refractivity (Wildman–Crippen MR) is 142 cm³/mol. The van der Waals surface area contributed by atoms with E-state index in [1.54, 1.807) is 12.1 Å². The lowest BCUT2D eigenvalue weighted by atomic mass is 9.86. The maximum atomic E-state index is 10.0. The Morgan fingerprint density at radius 1 is 0.971 bits per heavy atom. The molecule has 2 aliphatic rings. The van der Waals surface area contributed by atoms with Crippen molar-refractivity contribution in [2.75, 3.05) is 32.0 Å². The molecule has 5 nitrogen and oxygen atoms in total. The van der Waals surface area contributed by atoms with Crippen LogP contribution in [0.5, 0.6) is 17.2 Å². The van der Waals surface area contributed by atoms with E-state index in [2.05, 4.69) is 37.8 Å². The van der Waals surface area contributed by atoms with Crippen LogP contribution < -0.4 is 15.2 Å². The van der Waals surface area contributed by atoms with E-state index in [4.69, 9.17) is 15.2 Å². The van der Waals surface area contributed by atoms with Gasteiger partial charge in [0.15, 0.2) is 0 Å². The summed E-state index contributed by atoms with van der Waals surface area (Å²) in [5.41, 5.74) is 12.0. The van der Waals surface area contributed by atoms with Crippen molar-refractivity contribution in [1.29, 1.82) is 0 Å². The summed E-state index contributed by atoms with van der Waals surface area (Å²) in [6.07, 6.45) is -0.311. The van der Waals surface area contributed by atoms with Gasteiger partial charge in [-0.3, -0.25) is 4.90 Å². The highest BCUT2D eigenvalue weighted by atomic mass is 16.5. The van der Waals surface area contributed by atoms with Crippen molar-refractivity contribution in [2.24, 2.45) is 11.8 Å². The molecule has 3 aromatic rings. The highest BCUT2D eigenvalue weighted by Gasteiger charge is 2.30. The number of anilines is 1. The molecule has 35 heavy (non-hydrogen) atoms. The number of rotatable bonds is 6. The minimum atomic E-state index is -0.311. The van der Waals surface area contributed by atoms with Gasteiger partial charge >= 0.3 is 0 Å². The van der Waals surface area contributed by atoms with Crippen LogP contribution in [0, 0.1) is 11.8 Å². The Kier molecular flexibility index (Phi) is 6.44. The lowest BCUT2D eigenvalue weighted by Gasteiger charge is -2.31. The average Bonchev–Trinajstić information content (AvgIpc) is 3.17. The normalized spacial score (nSPS) is 22.1. The van der Waals surface area contributed by atoms with Gasteiger partial charge in [-0.2, -0.15) is 0 Å². The van der Waals surface area contributed by atoms with Crippen molar-refractivity contribution in [1.82, 2.24) is 4.90 Å². The summed E-state index contributed by atoms with van der Waals surface area (Å²) < 4.78 is 12.5. The van der Waals surface area contributed by atoms with Gasteiger partial charge in [0, 0.05) is 42.5 Å². The first kappa shape index (κ1) is 23.3. The van der Waals surface area contributed by atoms with Crippen LogP contribution in [0.2, 0.25) is 0 Å². The van der Waals surface area contributed by atoms with Crippen molar-refractivity contribution in [3.8, 4) is 17.2 Å². The fourth-order valence-corrected chi connectivity index (χ4v) is 5.17. The second kappa shape index (κ2) is 9.67. The number of nitrogen functional groups attached to an aromatic ring is 1. The molecule has 1 fully saturated rings. The molecular weight excluding hydrogens is 436 g/mol. The highest BCUT2D eigenvalue weighted by molar-refractivity contribution is 5.95. The smallest absolute Gasteiger partial charge is 0.150 e. The minimum Gasteiger partial charge on any atom is -0.508 e. The van der Waals surface area contributed by atoms with Crippen LogP contribution in [0.4, 0.5) is 5.69 Å². The molecule has 0 amide bonds. The van der Waals surface area contributed by atoms with Crippen LogP contribution in [-0.2, 0) is 0 Å². The van der Waals surface area contributed by atoms with Crippen molar-refractivity contribution in [3.05, 3.63) is 83.4 Å². The zero-order chi connectivity index (χ0) is 24.5. The van der Waals surface area contributed by atoms with E-state index in [0.29, 0.717) is 12.4 Å². The Bertz CT molecular complexity index is 1210. The average molecular weight is 471 g/mol. The van der Waals surface area contributed by atoms with Gasteiger partial charge < -0.3 is 20.3 Å². The third kappa shape index (κ3) is 4.87. The van der Waals surface area contributed by atoms with Gasteiger partial charge in [-0.05, 0) is 71.9 Å². The predicted octanol–water partition coefficient (Wildman–Crippen LogP) is 6.01. The molecule has 0 bridgehead atoms. The van der Waals surface area contributed by atoms with E-state index in [1.807, 2.05) is 42.5 Å². The fraction of sp³-hybridized carbons (Fsp3) is 0.333. The largest absolute Gasteiger partial charge is 0.508 e. The van der Waals surface area contributed by atoms with Gasteiger partial charge in [-0.1, -0.05) is 38.1 Å². The molecule has 3 N–H and O–H groups in total. The highest BCUT2D eigenvalue weighted by Crippen LogP contribution is 2.47. The third-order valence-electron chi connectivity index (χ3n) is 7.42. The SMILES string of the molecule is CC1=C(c2ccc(N)cc2)C(c2ccc(OCCN3CC(C)C(C)C3)cc2)Oc2cc(O)ccc21. The second-order valence-electron chi connectivity index (χ2n) is 9.97. The first-order chi connectivity index (χ1) is 16.9. The van der Waals surface area contributed by atoms with Gasteiger partial charge in [0.2, 0.25) is 0 Å². The van der Waals surface area contributed by atoms with Gasteiger partial charge in [0.05, 0.1) is 0 Å². The zero-order valence-electron chi connectivity index (χ0n) is 20.7. The van der Waals surface area contributed by atoms with Crippen molar-refractivity contribution >= 4 is 16.8 Å². The van der Waals surface area contributed by atoms with E-state index >= 15 is 0 Å². The topological polar surface area (TPSA) is 68.0 Å². The first-order valence-corrected chi connectivity index (χ1v) is 12.4. The molecule has 0 radical (unpaired) electrons. The van der Waals surface area contributed by atoms with Crippen LogP contribution >= 0.6 is 0 Å². The molecule has 0 aliphatic carbocycles. The molecule has 1 saturated heterocycles. The number of nitrogens with zero attached hydrogens (tertiary/aromatic N) is 1.